The second-order valence-electron chi connectivity index (χ2n) is 5.00. The SMILES string of the molecule is CCNC(=NCc1ccccn1)NCCc1ccncc1C.I. The lowest BCUT2D eigenvalue weighted by molar-refractivity contribution is 0.793. The number of halogens is 1. The Kier molecular flexibility index (Phi) is 9.20. The van der Waals surface area contributed by atoms with Gasteiger partial charge in [0.15, 0.2) is 5.96 Å². The van der Waals surface area contributed by atoms with E-state index in [1.807, 2.05) is 30.6 Å². The van der Waals surface area contributed by atoms with Crippen molar-refractivity contribution in [3.8, 4) is 0 Å². The van der Waals surface area contributed by atoms with Crippen molar-refractivity contribution in [3.63, 3.8) is 0 Å². The van der Waals surface area contributed by atoms with Crippen LogP contribution in [0.15, 0.2) is 47.8 Å². The van der Waals surface area contributed by atoms with Crippen LogP contribution in [0.4, 0.5) is 0 Å². The molecule has 0 aromatic carbocycles. The number of hydrogen-bond donors (Lipinski definition) is 2. The number of aromatic nitrogens is 2. The lowest BCUT2D eigenvalue weighted by Gasteiger charge is -2.12. The van der Waals surface area contributed by atoms with E-state index >= 15 is 0 Å². The zero-order chi connectivity index (χ0) is 15.6. The van der Waals surface area contributed by atoms with Crippen LogP contribution in [0.5, 0.6) is 0 Å². The number of aliphatic imine (C=N–C) groups is 1. The number of hydrogen-bond acceptors (Lipinski definition) is 3. The summed E-state index contributed by atoms with van der Waals surface area (Å²) in [6, 6.07) is 7.93. The Hall–Kier alpha value is -1.70. The van der Waals surface area contributed by atoms with Crippen LogP contribution in [0, 0.1) is 6.92 Å². The van der Waals surface area contributed by atoms with Gasteiger partial charge in [-0.1, -0.05) is 6.07 Å². The van der Waals surface area contributed by atoms with Gasteiger partial charge < -0.3 is 10.6 Å². The standard InChI is InChI=1S/C17H23N5.HI/c1-3-19-17(22-13-16-6-4-5-9-20-16)21-11-8-15-7-10-18-12-14(15)2;/h4-7,9-10,12H,3,8,11,13H2,1-2H3,(H2,19,21,22);1H. The average Bonchev–Trinajstić information content (AvgIpc) is 2.55. The second kappa shape index (κ2) is 10.9. The van der Waals surface area contributed by atoms with Gasteiger partial charge in [0.05, 0.1) is 12.2 Å². The fourth-order valence-electron chi connectivity index (χ4n) is 2.09. The number of pyridine rings is 2. The van der Waals surface area contributed by atoms with Crippen LogP contribution in [-0.4, -0.2) is 29.0 Å². The first-order valence-electron chi connectivity index (χ1n) is 7.61. The fraction of sp³-hybridized carbons (Fsp3) is 0.353. The van der Waals surface area contributed by atoms with Gasteiger partial charge in [0.2, 0.25) is 0 Å². The van der Waals surface area contributed by atoms with Gasteiger partial charge in [-0.25, -0.2) is 4.99 Å². The van der Waals surface area contributed by atoms with E-state index in [1.54, 1.807) is 6.20 Å². The summed E-state index contributed by atoms with van der Waals surface area (Å²) in [5.74, 6) is 0.819. The number of aryl methyl sites for hydroxylation is 1. The van der Waals surface area contributed by atoms with Gasteiger partial charge in [0.25, 0.3) is 0 Å². The molecule has 0 aliphatic carbocycles. The molecule has 0 amide bonds. The molecule has 124 valence electrons. The molecule has 0 unspecified atom stereocenters. The quantitative estimate of drug-likeness (QED) is 0.425. The zero-order valence-corrected chi connectivity index (χ0v) is 16.0. The maximum atomic E-state index is 4.56. The third-order valence-electron chi connectivity index (χ3n) is 3.29. The van der Waals surface area contributed by atoms with Crippen molar-refractivity contribution >= 4 is 29.9 Å². The molecule has 2 heterocycles. The first-order valence-corrected chi connectivity index (χ1v) is 7.61. The smallest absolute Gasteiger partial charge is 0.191 e. The average molecular weight is 425 g/mol. The van der Waals surface area contributed by atoms with Gasteiger partial charge in [-0.3, -0.25) is 9.97 Å². The van der Waals surface area contributed by atoms with Gasteiger partial charge in [-0.05, 0) is 49.6 Å². The normalized spacial score (nSPS) is 10.8. The van der Waals surface area contributed by atoms with Gasteiger partial charge >= 0.3 is 0 Å². The van der Waals surface area contributed by atoms with Crippen molar-refractivity contribution < 1.29 is 0 Å². The van der Waals surface area contributed by atoms with E-state index in [2.05, 4.69) is 45.5 Å². The number of nitrogens with one attached hydrogen (secondary N) is 2. The van der Waals surface area contributed by atoms with E-state index in [9.17, 15) is 0 Å². The first-order chi connectivity index (χ1) is 10.8. The monoisotopic (exact) mass is 425 g/mol. The first kappa shape index (κ1) is 19.3. The second-order valence-corrected chi connectivity index (χ2v) is 5.00. The van der Waals surface area contributed by atoms with Crippen molar-refractivity contribution in [1.29, 1.82) is 0 Å². The molecular weight excluding hydrogens is 401 g/mol. The lowest BCUT2D eigenvalue weighted by Crippen LogP contribution is -2.38. The fourth-order valence-corrected chi connectivity index (χ4v) is 2.09. The van der Waals surface area contributed by atoms with Gasteiger partial charge in [-0.15, -0.1) is 24.0 Å². The van der Waals surface area contributed by atoms with E-state index in [-0.39, 0.29) is 24.0 Å². The van der Waals surface area contributed by atoms with Crippen LogP contribution in [-0.2, 0) is 13.0 Å². The van der Waals surface area contributed by atoms with Crippen molar-refractivity contribution in [2.75, 3.05) is 13.1 Å². The molecule has 0 saturated carbocycles. The van der Waals surface area contributed by atoms with E-state index < -0.39 is 0 Å². The molecule has 0 bridgehead atoms. The molecule has 0 fully saturated rings. The summed E-state index contributed by atoms with van der Waals surface area (Å²) in [5.41, 5.74) is 3.49. The van der Waals surface area contributed by atoms with Crippen LogP contribution in [0.2, 0.25) is 0 Å². The molecule has 2 aromatic rings. The summed E-state index contributed by atoms with van der Waals surface area (Å²) in [4.78, 5) is 13.0. The van der Waals surface area contributed by atoms with Crippen LogP contribution >= 0.6 is 24.0 Å². The summed E-state index contributed by atoms with van der Waals surface area (Å²) in [6.07, 6.45) is 6.47. The molecule has 0 aliphatic rings. The maximum absolute atomic E-state index is 4.56. The minimum Gasteiger partial charge on any atom is -0.357 e. The minimum absolute atomic E-state index is 0. The Morgan fingerprint density at radius 3 is 2.74 bits per heavy atom. The Labute approximate surface area is 155 Å². The summed E-state index contributed by atoms with van der Waals surface area (Å²) in [5, 5.41) is 6.61. The topological polar surface area (TPSA) is 62.2 Å². The van der Waals surface area contributed by atoms with Gasteiger partial charge in [0, 0.05) is 31.7 Å². The molecule has 0 saturated heterocycles. The van der Waals surface area contributed by atoms with E-state index in [4.69, 9.17) is 0 Å². The predicted octanol–water partition coefficient (Wildman–Crippen LogP) is 2.70. The Morgan fingerprint density at radius 1 is 1.17 bits per heavy atom. The minimum atomic E-state index is 0. The third-order valence-corrected chi connectivity index (χ3v) is 3.29. The molecule has 2 rings (SSSR count). The predicted molar refractivity (Wildman–Crippen MR) is 105 cm³/mol. The van der Waals surface area contributed by atoms with Crippen LogP contribution in [0.3, 0.4) is 0 Å². The Bertz CT molecular complexity index is 601. The van der Waals surface area contributed by atoms with Gasteiger partial charge in [-0.2, -0.15) is 0 Å². The number of nitrogens with zero attached hydrogens (tertiary/aromatic N) is 3. The molecule has 2 aromatic heterocycles. The summed E-state index contributed by atoms with van der Waals surface area (Å²) in [7, 11) is 0. The largest absolute Gasteiger partial charge is 0.357 e. The summed E-state index contributed by atoms with van der Waals surface area (Å²) in [6.45, 7) is 6.39. The highest BCUT2D eigenvalue weighted by atomic mass is 127. The maximum Gasteiger partial charge on any atom is 0.191 e. The molecule has 6 heteroatoms. The summed E-state index contributed by atoms with van der Waals surface area (Å²) < 4.78 is 0. The molecule has 5 nitrogen and oxygen atoms in total. The number of guanidine groups is 1. The van der Waals surface area contributed by atoms with Crippen molar-refractivity contribution in [2.45, 2.75) is 26.8 Å². The highest BCUT2D eigenvalue weighted by Gasteiger charge is 2.00. The van der Waals surface area contributed by atoms with Crippen LogP contribution in [0.25, 0.3) is 0 Å². The third kappa shape index (κ3) is 6.94. The molecule has 0 spiro atoms. The molecule has 0 aliphatic heterocycles. The summed E-state index contributed by atoms with van der Waals surface area (Å²) >= 11 is 0. The van der Waals surface area contributed by atoms with E-state index in [1.165, 1.54) is 11.1 Å². The highest BCUT2D eigenvalue weighted by molar-refractivity contribution is 14.0. The molecular formula is C17H24IN5. The lowest BCUT2D eigenvalue weighted by atomic mass is 10.1. The van der Waals surface area contributed by atoms with Crippen LogP contribution < -0.4 is 10.6 Å². The molecule has 0 atom stereocenters. The molecule has 0 radical (unpaired) electrons. The van der Waals surface area contributed by atoms with Crippen molar-refractivity contribution in [3.05, 3.63) is 59.7 Å². The molecule has 23 heavy (non-hydrogen) atoms. The molecule has 2 N–H and O–H groups in total. The highest BCUT2D eigenvalue weighted by Crippen LogP contribution is 2.04. The Balaban J connectivity index is 0.00000264. The zero-order valence-electron chi connectivity index (χ0n) is 13.6. The number of rotatable bonds is 6. The van der Waals surface area contributed by atoms with Gasteiger partial charge in [0.1, 0.15) is 0 Å². The Morgan fingerprint density at radius 2 is 2.04 bits per heavy atom. The van der Waals surface area contributed by atoms with E-state index in [0.717, 1.165) is 31.2 Å². The van der Waals surface area contributed by atoms with Crippen molar-refractivity contribution in [2.24, 2.45) is 4.99 Å². The van der Waals surface area contributed by atoms with E-state index in [0.29, 0.717) is 6.54 Å². The van der Waals surface area contributed by atoms with Crippen LogP contribution in [0.1, 0.15) is 23.7 Å². The van der Waals surface area contributed by atoms with Crippen molar-refractivity contribution in [1.82, 2.24) is 20.6 Å².